The van der Waals surface area contributed by atoms with Crippen molar-refractivity contribution in [1.82, 2.24) is 29.8 Å². The third kappa shape index (κ3) is 5.04. The number of fused-ring (bicyclic) bond motifs is 1. The van der Waals surface area contributed by atoms with E-state index in [0.717, 1.165) is 26.9 Å². The number of carbonyl (C=O) groups excluding carboxylic acids is 1. The molecule has 190 valence electrons. The number of para-hydroxylation sites is 1. The zero-order chi connectivity index (χ0) is 26.0. The van der Waals surface area contributed by atoms with Crippen LogP contribution in [-0.2, 0) is 27.8 Å². The number of hydrogen-bond acceptors (Lipinski definition) is 7. The highest BCUT2D eigenvalue weighted by atomic mass is 32.2. The Morgan fingerprint density at radius 1 is 1.14 bits per heavy atom. The minimum absolute atomic E-state index is 0.0402. The highest BCUT2D eigenvalue weighted by Crippen LogP contribution is 2.32. The Morgan fingerprint density at radius 2 is 1.89 bits per heavy atom. The van der Waals surface area contributed by atoms with E-state index in [2.05, 4.69) is 15.3 Å². The van der Waals surface area contributed by atoms with Crippen LogP contribution < -0.4 is 5.48 Å². The number of amides is 1. The Hall–Kier alpha value is -3.84. The first-order valence-electron chi connectivity index (χ1n) is 11.4. The van der Waals surface area contributed by atoms with Gasteiger partial charge < -0.3 is 4.98 Å². The fourth-order valence-corrected chi connectivity index (χ4v) is 6.78. The Balaban J connectivity index is 1.34. The Morgan fingerprint density at radius 3 is 2.68 bits per heavy atom. The zero-order valence-electron chi connectivity index (χ0n) is 19.8. The van der Waals surface area contributed by atoms with Gasteiger partial charge in [-0.25, -0.2) is 18.6 Å². The molecule has 0 saturated carbocycles. The normalized spacial score (nSPS) is 12.7. The second-order valence-electron chi connectivity index (χ2n) is 8.49. The number of hydrogen-bond donors (Lipinski definition) is 3. The van der Waals surface area contributed by atoms with Gasteiger partial charge in [-0.3, -0.25) is 10.0 Å². The molecule has 0 bridgehead atoms. The number of aromatic nitrogens is 4. The summed E-state index contributed by atoms with van der Waals surface area (Å²) < 4.78 is 29.1. The van der Waals surface area contributed by atoms with Gasteiger partial charge in [-0.2, -0.15) is 4.31 Å². The fourth-order valence-electron chi connectivity index (χ4n) is 4.11. The third-order valence-electron chi connectivity index (χ3n) is 6.07. The predicted molar refractivity (Wildman–Crippen MR) is 139 cm³/mol. The van der Waals surface area contributed by atoms with Crippen LogP contribution in [-0.4, -0.2) is 50.9 Å². The first-order chi connectivity index (χ1) is 17.9. The monoisotopic (exact) mass is 536 g/mol. The summed E-state index contributed by atoms with van der Waals surface area (Å²) in [4.78, 5) is 16.5. The van der Waals surface area contributed by atoms with E-state index in [9.17, 15) is 18.4 Å². The van der Waals surface area contributed by atoms with E-state index in [1.165, 1.54) is 33.6 Å². The molecule has 5 aromatic rings. The number of thiophene rings is 1. The second kappa shape index (κ2) is 10.3. The summed E-state index contributed by atoms with van der Waals surface area (Å²) in [7, 11) is -2.30. The maximum Gasteiger partial charge on any atom is 0.268 e. The fraction of sp³-hybridized carbons (Fsp3) is 0.160. The van der Waals surface area contributed by atoms with Gasteiger partial charge in [-0.05, 0) is 29.3 Å². The number of sulfonamides is 1. The van der Waals surface area contributed by atoms with Gasteiger partial charge in [0.25, 0.3) is 15.9 Å². The maximum absolute atomic E-state index is 13.2. The molecule has 0 unspecified atom stereocenters. The van der Waals surface area contributed by atoms with Crippen LogP contribution in [0.2, 0.25) is 0 Å². The average Bonchev–Trinajstić information content (AvgIpc) is 3.68. The molecule has 0 aliphatic heterocycles. The van der Waals surface area contributed by atoms with Crippen LogP contribution in [0.4, 0.5) is 0 Å². The molecule has 3 heterocycles. The van der Waals surface area contributed by atoms with Crippen LogP contribution in [0.3, 0.4) is 0 Å². The van der Waals surface area contributed by atoms with Crippen LogP contribution in [0, 0.1) is 0 Å². The van der Waals surface area contributed by atoms with Gasteiger partial charge in [0.1, 0.15) is 10.3 Å². The third-order valence-corrected chi connectivity index (χ3v) is 9.47. The topological polar surface area (TPSA) is 133 Å². The lowest BCUT2D eigenvalue weighted by Crippen LogP contribution is -2.32. The average molecular weight is 537 g/mol. The molecule has 0 aliphatic carbocycles. The van der Waals surface area contributed by atoms with Crippen LogP contribution in [0.5, 0.6) is 0 Å². The molecule has 1 amide bonds. The van der Waals surface area contributed by atoms with Crippen LogP contribution >= 0.6 is 11.3 Å². The molecule has 10 nitrogen and oxygen atoms in total. The molecule has 0 radical (unpaired) electrons. The number of hydroxylamine groups is 1. The molecule has 12 heteroatoms. The second-order valence-corrected chi connectivity index (χ2v) is 11.8. The highest BCUT2D eigenvalue weighted by Gasteiger charge is 2.27. The van der Waals surface area contributed by atoms with E-state index in [0.29, 0.717) is 5.69 Å². The summed E-state index contributed by atoms with van der Waals surface area (Å²) in [6.07, 6.45) is 3.57. The number of carbonyl (C=O) groups is 1. The number of nitrogens with one attached hydrogen (secondary N) is 2. The summed E-state index contributed by atoms with van der Waals surface area (Å²) in [5.74, 6) is -0.658. The predicted octanol–water partition coefficient (Wildman–Crippen LogP) is 3.60. The van der Waals surface area contributed by atoms with Crippen LogP contribution in [0.1, 0.15) is 17.3 Å². The summed E-state index contributed by atoms with van der Waals surface area (Å²) in [5.41, 5.74) is 4.80. The summed E-state index contributed by atoms with van der Waals surface area (Å²) in [5, 5.41) is 18.4. The number of rotatable bonds is 9. The summed E-state index contributed by atoms with van der Waals surface area (Å²) in [6, 6.07) is 19.8. The lowest BCUT2D eigenvalue weighted by Gasteiger charge is -2.15. The molecule has 0 aliphatic rings. The van der Waals surface area contributed by atoms with Crippen molar-refractivity contribution in [3.63, 3.8) is 0 Å². The van der Waals surface area contributed by atoms with Crippen molar-refractivity contribution >= 4 is 38.2 Å². The Kier molecular flexibility index (Phi) is 6.89. The van der Waals surface area contributed by atoms with Gasteiger partial charge in [-0.15, -0.1) is 16.4 Å². The van der Waals surface area contributed by atoms with Gasteiger partial charge in [0, 0.05) is 35.4 Å². The van der Waals surface area contributed by atoms with Crippen LogP contribution in [0.25, 0.3) is 21.3 Å². The SMILES string of the molecule is CN(Cc1cn([C@@H](Cc2c[nH]c3ccccc23)C(=O)NO)nn1)S(=O)(=O)c1ccc(-c2ccccc2)s1. The standard InChI is InChI=1S/C25H24N6O4S2/c1-30(37(34,35)24-12-11-23(36-24)17-7-3-2-4-8-17)15-19-16-31(29-27-19)22(25(32)28-33)13-18-14-26-21-10-6-5-9-20(18)21/h2-12,14,16,22,26,33H,13,15H2,1H3,(H,28,32)/t22-/m0/s1. The Labute approximate surface area is 217 Å². The van der Waals surface area contributed by atoms with Crippen molar-refractivity contribution in [1.29, 1.82) is 0 Å². The van der Waals surface area contributed by atoms with E-state index in [4.69, 9.17) is 0 Å². The van der Waals surface area contributed by atoms with Crippen molar-refractivity contribution in [2.75, 3.05) is 7.05 Å². The molecule has 2 aromatic carbocycles. The van der Waals surface area contributed by atoms with E-state index >= 15 is 0 Å². The molecule has 0 spiro atoms. The first kappa shape index (κ1) is 24.8. The summed E-state index contributed by atoms with van der Waals surface area (Å²) in [6.45, 7) is -0.0402. The first-order valence-corrected chi connectivity index (χ1v) is 13.6. The number of benzene rings is 2. The molecule has 0 fully saturated rings. The van der Waals surface area contributed by atoms with Crippen molar-refractivity contribution in [2.45, 2.75) is 23.2 Å². The number of aromatic amines is 1. The minimum Gasteiger partial charge on any atom is -0.361 e. The van der Waals surface area contributed by atoms with Crippen molar-refractivity contribution in [2.24, 2.45) is 0 Å². The molecule has 1 atom stereocenters. The van der Waals surface area contributed by atoms with Gasteiger partial charge in [0.2, 0.25) is 0 Å². The van der Waals surface area contributed by atoms with Crippen LogP contribution in [0.15, 0.2) is 83.3 Å². The number of H-pyrrole nitrogens is 1. The molecular weight excluding hydrogens is 512 g/mol. The maximum atomic E-state index is 13.2. The number of nitrogens with zero attached hydrogens (tertiary/aromatic N) is 4. The van der Waals surface area contributed by atoms with Crippen molar-refractivity contribution in [3.05, 3.63) is 90.4 Å². The zero-order valence-corrected chi connectivity index (χ0v) is 21.4. The molecule has 37 heavy (non-hydrogen) atoms. The molecule has 5 rings (SSSR count). The van der Waals surface area contributed by atoms with Gasteiger partial charge >= 0.3 is 0 Å². The highest BCUT2D eigenvalue weighted by molar-refractivity contribution is 7.91. The lowest BCUT2D eigenvalue weighted by molar-refractivity contribution is -0.133. The molecular formula is C25H24N6O4S2. The minimum atomic E-state index is -3.77. The molecule has 3 aromatic heterocycles. The van der Waals surface area contributed by atoms with Crippen molar-refractivity contribution in [3.8, 4) is 10.4 Å². The van der Waals surface area contributed by atoms with E-state index in [1.807, 2.05) is 60.8 Å². The lowest BCUT2D eigenvalue weighted by atomic mass is 10.0. The van der Waals surface area contributed by atoms with Gasteiger partial charge in [0.05, 0.1) is 18.4 Å². The molecule has 3 N–H and O–H groups in total. The van der Waals surface area contributed by atoms with Gasteiger partial charge in [0.15, 0.2) is 0 Å². The van der Waals surface area contributed by atoms with E-state index < -0.39 is 22.0 Å². The summed E-state index contributed by atoms with van der Waals surface area (Å²) >= 11 is 1.20. The smallest absolute Gasteiger partial charge is 0.268 e. The molecule has 0 saturated heterocycles. The van der Waals surface area contributed by atoms with Gasteiger partial charge in [-0.1, -0.05) is 53.7 Å². The van der Waals surface area contributed by atoms with Crippen molar-refractivity contribution < 1.29 is 18.4 Å². The van der Waals surface area contributed by atoms with E-state index in [1.54, 1.807) is 17.6 Å². The largest absolute Gasteiger partial charge is 0.361 e. The Bertz CT molecular complexity index is 1640. The quantitative estimate of drug-likeness (QED) is 0.195. The van der Waals surface area contributed by atoms with E-state index in [-0.39, 0.29) is 17.2 Å².